The van der Waals surface area contributed by atoms with Crippen molar-refractivity contribution < 1.29 is 22.1 Å². The number of ether oxygens (including phenoxy) is 2. The van der Waals surface area contributed by atoms with Crippen LogP contribution in [-0.2, 0) is 32.3 Å². The summed E-state index contributed by atoms with van der Waals surface area (Å²) in [6, 6.07) is 9.22. The van der Waals surface area contributed by atoms with Crippen molar-refractivity contribution in [3.05, 3.63) is 52.2 Å². The number of benzene rings is 1. The van der Waals surface area contributed by atoms with Crippen LogP contribution < -0.4 is 4.74 Å². The van der Waals surface area contributed by atoms with Crippen LogP contribution >= 0.6 is 11.3 Å². The molecule has 1 heterocycles. The van der Waals surface area contributed by atoms with Crippen molar-refractivity contribution in [1.29, 1.82) is 0 Å². The fourth-order valence-corrected chi connectivity index (χ4v) is 3.02. The quantitative estimate of drug-likeness (QED) is 0.631. The van der Waals surface area contributed by atoms with Crippen LogP contribution in [0.2, 0.25) is 0 Å². The van der Waals surface area contributed by atoms with E-state index in [1.165, 1.54) is 0 Å². The summed E-state index contributed by atoms with van der Waals surface area (Å²) >= 11 is 1.64. The fourth-order valence-electron chi connectivity index (χ4n) is 2.01. The second kappa shape index (κ2) is 8.11. The summed E-state index contributed by atoms with van der Waals surface area (Å²) < 4.78 is 38.6. The predicted octanol–water partition coefficient (Wildman–Crippen LogP) is 3.60. The van der Waals surface area contributed by atoms with Gasteiger partial charge in [0.15, 0.2) is 0 Å². The molecule has 0 aliphatic rings. The summed E-state index contributed by atoms with van der Waals surface area (Å²) in [4.78, 5) is 0. The fraction of sp³-hybridized carbons (Fsp3) is 0.412. The van der Waals surface area contributed by atoms with Gasteiger partial charge in [-0.1, -0.05) is 12.1 Å². The highest BCUT2D eigenvalue weighted by Gasteiger charge is 2.20. The minimum atomic E-state index is -3.46. The van der Waals surface area contributed by atoms with Crippen LogP contribution in [0.3, 0.4) is 0 Å². The van der Waals surface area contributed by atoms with E-state index in [0.717, 1.165) is 17.4 Å². The van der Waals surface area contributed by atoms with Crippen LogP contribution in [0.1, 0.15) is 25.0 Å². The molecule has 0 radical (unpaired) electrons. The maximum absolute atomic E-state index is 11.1. The van der Waals surface area contributed by atoms with Crippen molar-refractivity contribution in [1.82, 2.24) is 0 Å². The van der Waals surface area contributed by atoms with E-state index in [1.807, 2.05) is 31.4 Å². The van der Waals surface area contributed by atoms with Gasteiger partial charge in [-0.25, -0.2) is 0 Å². The lowest BCUT2D eigenvalue weighted by molar-refractivity contribution is -0.0101. The molecule has 0 saturated heterocycles. The summed E-state index contributed by atoms with van der Waals surface area (Å²) in [6.45, 7) is 4.87. The Bertz CT molecular complexity index is 736. The predicted molar refractivity (Wildman–Crippen MR) is 94.8 cm³/mol. The Morgan fingerprint density at radius 1 is 1.12 bits per heavy atom. The lowest BCUT2D eigenvalue weighted by Gasteiger charge is -2.26. The van der Waals surface area contributed by atoms with E-state index in [4.69, 9.17) is 13.7 Å². The second-order valence-electron chi connectivity index (χ2n) is 6.10. The summed E-state index contributed by atoms with van der Waals surface area (Å²) in [7, 11) is -3.46. The van der Waals surface area contributed by atoms with E-state index in [0.29, 0.717) is 19.0 Å². The van der Waals surface area contributed by atoms with E-state index in [2.05, 4.69) is 5.38 Å². The standard InChI is InChI=1S/C17H22O5S2/c1-17(2,13-20-10-15-7-8-23-12-15)22-16-6-4-5-14(9-16)11-21-24(3,18)19/h4-9,12H,10-11,13H2,1-3H3. The van der Waals surface area contributed by atoms with E-state index >= 15 is 0 Å². The lowest BCUT2D eigenvalue weighted by atomic mass is 10.1. The topological polar surface area (TPSA) is 61.8 Å². The highest BCUT2D eigenvalue weighted by Crippen LogP contribution is 2.21. The Hall–Kier alpha value is -1.41. The maximum atomic E-state index is 11.1. The first-order valence-electron chi connectivity index (χ1n) is 7.45. The lowest BCUT2D eigenvalue weighted by Crippen LogP contribution is -2.34. The van der Waals surface area contributed by atoms with Gasteiger partial charge < -0.3 is 9.47 Å². The molecule has 1 aromatic heterocycles. The molecule has 0 N–H and O–H groups in total. The zero-order valence-electron chi connectivity index (χ0n) is 14.0. The third-order valence-corrected chi connectivity index (χ3v) is 4.31. The molecular formula is C17H22O5S2. The molecule has 0 unspecified atom stereocenters. The first kappa shape index (κ1) is 18.9. The molecule has 7 heteroatoms. The molecular weight excluding hydrogens is 348 g/mol. The molecule has 0 bridgehead atoms. The van der Waals surface area contributed by atoms with Crippen LogP contribution in [0, 0.1) is 0 Å². The minimum absolute atomic E-state index is 0.00881. The van der Waals surface area contributed by atoms with Gasteiger partial charge in [0.05, 0.1) is 26.1 Å². The SMILES string of the molecule is CC(C)(COCc1ccsc1)Oc1cccc(COS(C)(=O)=O)c1. The molecule has 132 valence electrons. The van der Waals surface area contributed by atoms with E-state index < -0.39 is 15.7 Å². The van der Waals surface area contributed by atoms with Crippen molar-refractivity contribution in [3.8, 4) is 5.75 Å². The number of hydrogen-bond donors (Lipinski definition) is 0. The largest absolute Gasteiger partial charge is 0.485 e. The normalized spacial score (nSPS) is 12.3. The first-order valence-corrected chi connectivity index (χ1v) is 10.2. The zero-order chi connectivity index (χ0) is 17.6. The van der Waals surface area contributed by atoms with Crippen LogP contribution in [0.4, 0.5) is 0 Å². The van der Waals surface area contributed by atoms with Gasteiger partial charge >= 0.3 is 0 Å². The average Bonchev–Trinajstić information content (AvgIpc) is 2.97. The van der Waals surface area contributed by atoms with Gasteiger partial charge in [0.25, 0.3) is 10.1 Å². The van der Waals surface area contributed by atoms with Crippen molar-refractivity contribution in [2.24, 2.45) is 0 Å². The van der Waals surface area contributed by atoms with E-state index in [-0.39, 0.29) is 6.61 Å². The van der Waals surface area contributed by atoms with Gasteiger partial charge in [0.1, 0.15) is 11.4 Å². The van der Waals surface area contributed by atoms with Gasteiger partial charge in [-0.05, 0) is 53.9 Å². The van der Waals surface area contributed by atoms with Crippen LogP contribution in [-0.4, -0.2) is 26.9 Å². The smallest absolute Gasteiger partial charge is 0.264 e. The molecule has 0 fully saturated rings. The Morgan fingerprint density at radius 2 is 1.92 bits per heavy atom. The third-order valence-electron chi connectivity index (χ3n) is 3.03. The number of hydrogen-bond acceptors (Lipinski definition) is 6. The highest BCUT2D eigenvalue weighted by atomic mass is 32.2. The van der Waals surface area contributed by atoms with Crippen LogP contribution in [0.25, 0.3) is 0 Å². The first-order chi connectivity index (χ1) is 11.2. The molecule has 0 atom stereocenters. The van der Waals surface area contributed by atoms with Crippen molar-refractivity contribution in [2.75, 3.05) is 12.9 Å². The van der Waals surface area contributed by atoms with Gasteiger partial charge in [-0.3, -0.25) is 4.18 Å². The zero-order valence-corrected chi connectivity index (χ0v) is 15.7. The van der Waals surface area contributed by atoms with Crippen LogP contribution in [0.5, 0.6) is 5.75 Å². The average molecular weight is 370 g/mol. The summed E-state index contributed by atoms with van der Waals surface area (Å²) in [5, 5.41) is 4.07. The summed E-state index contributed by atoms with van der Waals surface area (Å²) in [5.41, 5.74) is 1.37. The summed E-state index contributed by atoms with van der Waals surface area (Å²) in [5.74, 6) is 0.647. The van der Waals surface area contributed by atoms with Gasteiger partial charge in [0, 0.05) is 0 Å². The second-order valence-corrected chi connectivity index (χ2v) is 8.52. The minimum Gasteiger partial charge on any atom is -0.485 e. The molecule has 0 aliphatic carbocycles. The number of thiophene rings is 1. The highest BCUT2D eigenvalue weighted by molar-refractivity contribution is 7.85. The monoisotopic (exact) mass is 370 g/mol. The third kappa shape index (κ3) is 7.00. The van der Waals surface area contributed by atoms with Gasteiger partial charge in [0.2, 0.25) is 0 Å². The van der Waals surface area contributed by atoms with Crippen molar-refractivity contribution in [2.45, 2.75) is 32.7 Å². The Kier molecular flexibility index (Phi) is 6.40. The molecule has 2 aromatic rings. The van der Waals surface area contributed by atoms with Gasteiger partial charge in [-0.15, -0.1) is 0 Å². The molecule has 1 aromatic carbocycles. The molecule has 5 nitrogen and oxygen atoms in total. The Morgan fingerprint density at radius 3 is 2.58 bits per heavy atom. The molecule has 2 rings (SSSR count). The van der Waals surface area contributed by atoms with Crippen LogP contribution in [0.15, 0.2) is 41.1 Å². The van der Waals surface area contributed by atoms with Gasteiger partial charge in [-0.2, -0.15) is 19.8 Å². The van der Waals surface area contributed by atoms with Crippen molar-refractivity contribution >= 4 is 21.5 Å². The Labute approximate surface area is 147 Å². The molecule has 0 amide bonds. The molecule has 24 heavy (non-hydrogen) atoms. The van der Waals surface area contributed by atoms with E-state index in [1.54, 1.807) is 29.5 Å². The Balaban J connectivity index is 1.88. The molecule has 0 saturated carbocycles. The molecule has 0 spiro atoms. The van der Waals surface area contributed by atoms with Crippen molar-refractivity contribution in [3.63, 3.8) is 0 Å². The molecule has 0 aliphatic heterocycles. The van der Waals surface area contributed by atoms with E-state index in [9.17, 15) is 8.42 Å². The number of rotatable bonds is 9. The summed E-state index contributed by atoms with van der Waals surface area (Å²) in [6.07, 6.45) is 1.03. The maximum Gasteiger partial charge on any atom is 0.264 e.